The van der Waals surface area contributed by atoms with Crippen LogP contribution in [-0.4, -0.2) is 31.2 Å². The summed E-state index contributed by atoms with van der Waals surface area (Å²) in [6.45, 7) is 3.96. The van der Waals surface area contributed by atoms with Crippen LogP contribution in [0.5, 0.6) is 0 Å². The number of hydrogen-bond acceptors (Lipinski definition) is 3. The number of halogens is 1. The Morgan fingerprint density at radius 1 is 1.44 bits per heavy atom. The maximum Gasteiger partial charge on any atom is 0.246 e. The van der Waals surface area contributed by atoms with Crippen molar-refractivity contribution < 1.29 is 13.9 Å². The molecule has 1 aliphatic rings. The van der Waals surface area contributed by atoms with Crippen LogP contribution in [0, 0.1) is 5.82 Å². The predicted molar refractivity (Wildman–Crippen MR) is 65.5 cm³/mol. The lowest BCUT2D eigenvalue weighted by Gasteiger charge is -2.38. The number of carbonyl (C=O) groups is 1. The molecule has 1 aliphatic heterocycles. The molecule has 2 N–H and O–H groups in total. The van der Waals surface area contributed by atoms with Crippen molar-refractivity contribution in [3.05, 3.63) is 35.6 Å². The molecule has 0 aliphatic carbocycles. The van der Waals surface area contributed by atoms with E-state index in [0.29, 0.717) is 6.54 Å². The van der Waals surface area contributed by atoms with Gasteiger partial charge < -0.3 is 15.4 Å². The third-order valence-electron chi connectivity index (χ3n) is 2.95. The number of ether oxygens (including phenoxy) is 1. The summed E-state index contributed by atoms with van der Waals surface area (Å²) in [5.41, 5.74) is 0.647. The first-order valence-corrected chi connectivity index (χ1v) is 5.93. The summed E-state index contributed by atoms with van der Waals surface area (Å²) in [6.07, 6.45) is 0. The van der Waals surface area contributed by atoms with Gasteiger partial charge in [0.25, 0.3) is 0 Å². The summed E-state index contributed by atoms with van der Waals surface area (Å²) >= 11 is 0. The van der Waals surface area contributed by atoms with Crippen molar-refractivity contribution in [2.45, 2.75) is 19.1 Å². The molecule has 0 bridgehead atoms. The number of benzene rings is 1. The van der Waals surface area contributed by atoms with Gasteiger partial charge in [-0.3, -0.25) is 4.79 Å². The molecule has 5 heteroatoms. The highest BCUT2D eigenvalue weighted by Gasteiger charge is 2.32. The molecule has 18 heavy (non-hydrogen) atoms. The Morgan fingerprint density at radius 3 is 2.67 bits per heavy atom. The Balaban J connectivity index is 1.69. The summed E-state index contributed by atoms with van der Waals surface area (Å²) in [4.78, 5) is 11.5. The molecule has 0 unspecified atom stereocenters. The molecule has 1 fully saturated rings. The van der Waals surface area contributed by atoms with Crippen molar-refractivity contribution in [1.29, 1.82) is 0 Å². The Hall–Kier alpha value is -1.46. The predicted octanol–water partition coefficient (Wildman–Crippen LogP) is 0.820. The summed E-state index contributed by atoms with van der Waals surface area (Å²) in [6, 6.07) is 6.04. The zero-order valence-electron chi connectivity index (χ0n) is 10.3. The monoisotopic (exact) mass is 252 g/mol. The van der Waals surface area contributed by atoms with E-state index in [1.165, 1.54) is 12.1 Å². The summed E-state index contributed by atoms with van der Waals surface area (Å²) < 4.78 is 18.2. The Morgan fingerprint density at radius 2 is 2.11 bits per heavy atom. The van der Waals surface area contributed by atoms with Gasteiger partial charge in [-0.1, -0.05) is 12.1 Å². The smallest absolute Gasteiger partial charge is 0.246 e. The van der Waals surface area contributed by atoms with E-state index in [0.717, 1.165) is 18.7 Å². The van der Waals surface area contributed by atoms with Gasteiger partial charge in [-0.25, -0.2) is 4.39 Å². The second-order valence-electron chi connectivity index (χ2n) is 4.75. The fourth-order valence-corrected chi connectivity index (χ4v) is 1.67. The van der Waals surface area contributed by atoms with E-state index in [4.69, 9.17) is 4.74 Å². The lowest BCUT2D eigenvalue weighted by atomic mass is 10.0. The minimum absolute atomic E-state index is 0.0549. The largest absolute Gasteiger partial charge is 0.363 e. The van der Waals surface area contributed by atoms with Crippen molar-refractivity contribution in [3.63, 3.8) is 0 Å². The van der Waals surface area contributed by atoms with Gasteiger partial charge in [-0.05, 0) is 24.6 Å². The number of carbonyl (C=O) groups excluding carboxylic acids is 1. The van der Waals surface area contributed by atoms with E-state index in [1.807, 2.05) is 6.92 Å². The molecule has 98 valence electrons. The maximum atomic E-state index is 12.7. The highest BCUT2D eigenvalue weighted by Crippen LogP contribution is 2.14. The molecule has 1 amide bonds. The third-order valence-corrected chi connectivity index (χ3v) is 2.95. The zero-order chi connectivity index (χ0) is 13.0. The first-order valence-electron chi connectivity index (χ1n) is 5.93. The van der Waals surface area contributed by atoms with Crippen molar-refractivity contribution in [1.82, 2.24) is 10.6 Å². The van der Waals surface area contributed by atoms with Gasteiger partial charge >= 0.3 is 0 Å². The number of nitrogens with one attached hydrogen (secondary N) is 2. The van der Waals surface area contributed by atoms with Crippen molar-refractivity contribution in [2.75, 3.05) is 19.7 Å². The van der Waals surface area contributed by atoms with Crippen LogP contribution in [0.4, 0.5) is 4.39 Å². The summed E-state index contributed by atoms with van der Waals surface area (Å²) in [5.74, 6) is -0.439. The average Bonchev–Trinajstić information content (AvgIpc) is 2.33. The van der Waals surface area contributed by atoms with Crippen LogP contribution in [0.2, 0.25) is 0 Å². The number of hydrogen-bond donors (Lipinski definition) is 2. The number of rotatable bonds is 5. The van der Waals surface area contributed by atoms with Crippen LogP contribution in [0.3, 0.4) is 0 Å². The molecule has 1 aromatic carbocycles. The van der Waals surface area contributed by atoms with Crippen LogP contribution in [0.1, 0.15) is 12.5 Å². The molecule has 0 spiro atoms. The van der Waals surface area contributed by atoms with E-state index in [1.54, 1.807) is 12.1 Å². The lowest BCUT2D eigenvalue weighted by molar-refractivity contribution is -0.136. The summed E-state index contributed by atoms with van der Waals surface area (Å²) in [7, 11) is 0. The highest BCUT2D eigenvalue weighted by atomic mass is 19.1. The normalized spacial score (nSPS) is 17.0. The van der Waals surface area contributed by atoms with Gasteiger partial charge in [0.2, 0.25) is 5.91 Å². The van der Waals surface area contributed by atoms with Gasteiger partial charge in [0.05, 0.1) is 5.60 Å². The fraction of sp³-hybridized carbons (Fsp3) is 0.462. The van der Waals surface area contributed by atoms with E-state index in [2.05, 4.69) is 10.6 Å². The minimum atomic E-state index is -0.279. The van der Waals surface area contributed by atoms with E-state index >= 15 is 0 Å². The van der Waals surface area contributed by atoms with Crippen molar-refractivity contribution in [2.24, 2.45) is 0 Å². The molecular formula is C13H17FN2O2. The topological polar surface area (TPSA) is 50.4 Å². The maximum absolute atomic E-state index is 12.7. The third kappa shape index (κ3) is 3.51. The van der Waals surface area contributed by atoms with Crippen molar-refractivity contribution in [3.8, 4) is 0 Å². The quantitative estimate of drug-likeness (QED) is 0.815. The first kappa shape index (κ1) is 13.0. The molecule has 1 aromatic rings. The average molecular weight is 252 g/mol. The van der Waals surface area contributed by atoms with Crippen LogP contribution >= 0.6 is 0 Å². The molecule has 1 heterocycles. The molecular weight excluding hydrogens is 235 g/mol. The molecule has 0 atom stereocenters. The zero-order valence-corrected chi connectivity index (χ0v) is 10.3. The van der Waals surface area contributed by atoms with Gasteiger partial charge in [0.1, 0.15) is 12.4 Å². The van der Waals surface area contributed by atoms with Gasteiger partial charge in [0.15, 0.2) is 0 Å². The standard InChI is InChI=1S/C13H17FN2O2/c1-13(8-15-9-13)18-7-12(17)16-6-10-2-4-11(14)5-3-10/h2-5,15H,6-9H2,1H3,(H,16,17). The van der Waals surface area contributed by atoms with Gasteiger partial charge in [-0.15, -0.1) is 0 Å². The second-order valence-corrected chi connectivity index (χ2v) is 4.75. The van der Waals surface area contributed by atoms with Crippen molar-refractivity contribution >= 4 is 5.91 Å². The Bertz CT molecular complexity index is 416. The molecule has 0 radical (unpaired) electrons. The minimum Gasteiger partial charge on any atom is -0.363 e. The molecule has 0 saturated carbocycles. The molecule has 0 aromatic heterocycles. The molecule has 4 nitrogen and oxygen atoms in total. The van der Waals surface area contributed by atoms with Gasteiger partial charge in [-0.2, -0.15) is 0 Å². The Kier molecular flexibility index (Phi) is 3.93. The second kappa shape index (κ2) is 5.46. The number of amides is 1. The van der Waals surface area contributed by atoms with Crippen LogP contribution in [-0.2, 0) is 16.1 Å². The van der Waals surface area contributed by atoms with Crippen LogP contribution in [0.15, 0.2) is 24.3 Å². The van der Waals surface area contributed by atoms with Crippen LogP contribution < -0.4 is 10.6 Å². The summed E-state index contributed by atoms with van der Waals surface area (Å²) in [5, 5.41) is 5.83. The van der Waals surface area contributed by atoms with E-state index in [9.17, 15) is 9.18 Å². The van der Waals surface area contributed by atoms with Crippen LogP contribution in [0.25, 0.3) is 0 Å². The lowest BCUT2D eigenvalue weighted by Crippen LogP contribution is -2.59. The van der Waals surface area contributed by atoms with Gasteiger partial charge in [0, 0.05) is 19.6 Å². The SMILES string of the molecule is CC1(OCC(=O)NCc2ccc(F)cc2)CNC1. The first-order chi connectivity index (χ1) is 8.57. The van der Waals surface area contributed by atoms with E-state index < -0.39 is 0 Å². The van der Waals surface area contributed by atoms with E-state index in [-0.39, 0.29) is 23.9 Å². The molecule has 1 saturated heterocycles. The molecule has 2 rings (SSSR count). The highest BCUT2D eigenvalue weighted by molar-refractivity contribution is 5.77. The fourth-order valence-electron chi connectivity index (χ4n) is 1.67. The Labute approximate surface area is 106 Å².